The molecule has 1 amide bonds. The van der Waals surface area contributed by atoms with Gasteiger partial charge in [-0.25, -0.2) is 4.39 Å². The minimum atomic E-state index is -0.339. The summed E-state index contributed by atoms with van der Waals surface area (Å²) in [5.41, 5.74) is 1.21. The maximum atomic E-state index is 13.5. The largest absolute Gasteiger partial charge is 0.497 e. The van der Waals surface area contributed by atoms with Gasteiger partial charge in [-0.1, -0.05) is 18.2 Å². The first-order chi connectivity index (χ1) is 11.1. The molecule has 0 aromatic heterocycles. The van der Waals surface area contributed by atoms with Gasteiger partial charge in [0.05, 0.1) is 14.2 Å². The van der Waals surface area contributed by atoms with E-state index >= 15 is 0 Å². The molecule has 0 aliphatic rings. The van der Waals surface area contributed by atoms with Crippen LogP contribution in [0.15, 0.2) is 48.5 Å². The maximum Gasteiger partial charge on any atom is 0.244 e. The summed E-state index contributed by atoms with van der Waals surface area (Å²) in [6, 6.07) is 11.6. The predicted molar refractivity (Wildman–Crippen MR) is 86.8 cm³/mol. The Morgan fingerprint density at radius 1 is 1.13 bits per heavy atom. The summed E-state index contributed by atoms with van der Waals surface area (Å²) < 4.78 is 23.8. The van der Waals surface area contributed by atoms with Crippen LogP contribution < -0.4 is 14.8 Å². The summed E-state index contributed by atoms with van der Waals surface area (Å²) in [5.74, 6) is 0.621. The predicted octanol–water partition coefficient (Wildman–Crippen LogP) is 3.17. The highest BCUT2D eigenvalue weighted by molar-refractivity contribution is 5.91. The van der Waals surface area contributed by atoms with E-state index < -0.39 is 0 Å². The first kappa shape index (κ1) is 16.5. The normalized spacial score (nSPS) is 10.6. The molecule has 0 fully saturated rings. The van der Waals surface area contributed by atoms with E-state index in [0.29, 0.717) is 17.1 Å². The smallest absolute Gasteiger partial charge is 0.244 e. The molecule has 2 aromatic rings. The molecule has 0 unspecified atom stereocenters. The van der Waals surface area contributed by atoms with E-state index in [2.05, 4.69) is 5.32 Å². The molecule has 2 aromatic carbocycles. The fourth-order valence-electron chi connectivity index (χ4n) is 1.98. The van der Waals surface area contributed by atoms with Crippen molar-refractivity contribution in [1.29, 1.82) is 0 Å². The van der Waals surface area contributed by atoms with E-state index in [1.165, 1.54) is 12.1 Å². The van der Waals surface area contributed by atoms with Crippen molar-refractivity contribution < 1.29 is 18.7 Å². The molecule has 0 aliphatic carbocycles. The van der Waals surface area contributed by atoms with Crippen LogP contribution in [0.25, 0.3) is 6.08 Å². The molecule has 0 radical (unpaired) electrons. The highest BCUT2D eigenvalue weighted by Crippen LogP contribution is 2.23. The van der Waals surface area contributed by atoms with Gasteiger partial charge in [0.2, 0.25) is 5.91 Å². The lowest BCUT2D eigenvalue weighted by molar-refractivity contribution is -0.116. The van der Waals surface area contributed by atoms with E-state index in [1.807, 2.05) is 0 Å². The van der Waals surface area contributed by atoms with E-state index in [1.54, 1.807) is 56.7 Å². The summed E-state index contributed by atoms with van der Waals surface area (Å²) >= 11 is 0. The quantitative estimate of drug-likeness (QED) is 0.833. The molecule has 1 N–H and O–H groups in total. The Bertz CT molecular complexity index is 691. The molecule has 0 spiro atoms. The van der Waals surface area contributed by atoms with Gasteiger partial charge >= 0.3 is 0 Å². The number of halogens is 1. The highest BCUT2D eigenvalue weighted by Gasteiger charge is 2.03. The number of carbonyl (C=O) groups is 1. The van der Waals surface area contributed by atoms with Crippen LogP contribution in [0.3, 0.4) is 0 Å². The zero-order valence-corrected chi connectivity index (χ0v) is 13.0. The van der Waals surface area contributed by atoms with Gasteiger partial charge in [0, 0.05) is 24.3 Å². The second kappa shape index (κ2) is 7.98. The Hall–Kier alpha value is -2.82. The van der Waals surface area contributed by atoms with Crippen molar-refractivity contribution >= 4 is 12.0 Å². The van der Waals surface area contributed by atoms with Crippen molar-refractivity contribution in [2.45, 2.75) is 6.54 Å². The summed E-state index contributed by atoms with van der Waals surface area (Å²) in [5, 5.41) is 2.64. The van der Waals surface area contributed by atoms with Crippen LogP contribution in [0.1, 0.15) is 11.1 Å². The summed E-state index contributed by atoms with van der Waals surface area (Å²) in [6.07, 6.45) is 3.02. The molecule has 0 bridgehead atoms. The SMILES string of the molecule is COc1cc(/C=C/C(=O)NCc2ccccc2F)cc(OC)c1. The molecule has 4 nitrogen and oxygen atoms in total. The van der Waals surface area contributed by atoms with Gasteiger partial charge in [0.25, 0.3) is 0 Å². The molecule has 120 valence electrons. The average molecular weight is 315 g/mol. The van der Waals surface area contributed by atoms with Gasteiger partial charge in [0.1, 0.15) is 17.3 Å². The Kier molecular flexibility index (Phi) is 5.74. The van der Waals surface area contributed by atoms with E-state index in [4.69, 9.17) is 9.47 Å². The number of nitrogens with one attached hydrogen (secondary N) is 1. The Labute approximate surface area is 134 Å². The number of benzene rings is 2. The number of rotatable bonds is 6. The highest BCUT2D eigenvalue weighted by atomic mass is 19.1. The summed E-state index contributed by atoms with van der Waals surface area (Å²) in [6.45, 7) is 0.136. The van der Waals surface area contributed by atoms with Gasteiger partial charge in [-0.3, -0.25) is 4.79 Å². The lowest BCUT2D eigenvalue weighted by Gasteiger charge is -2.06. The van der Waals surface area contributed by atoms with Crippen molar-refractivity contribution in [3.63, 3.8) is 0 Å². The average Bonchev–Trinajstić information content (AvgIpc) is 2.58. The Balaban J connectivity index is 1.99. The number of amides is 1. The lowest BCUT2D eigenvalue weighted by atomic mass is 10.2. The minimum absolute atomic E-state index is 0.136. The van der Waals surface area contributed by atoms with E-state index in [9.17, 15) is 9.18 Å². The van der Waals surface area contributed by atoms with Gasteiger partial charge in [-0.05, 0) is 29.8 Å². The zero-order valence-electron chi connectivity index (χ0n) is 13.0. The van der Waals surface area contributed by atoms with Crippen molar-refractivity contribution in [1.82, 2.24) is 5.32 Å². The van der Waals surface area contributed by atoms with Crippen LogP contribution in [0, 0.1) is 5.82 Å². The third-order valence-corrected chi connectivity index (χ3v) is 3.21. The lowest BCUT2D eigenvalue weighted by Crippen LogP contribution is -2.20. The number of hydrogen-bond donors (Lipinski definition) is 1. The third-order valence-electron chi connectivity index (χ3n) is 3.21. The molecule has 23 heavy (non-hydrogen) atoms. The second-order valence-corrected chi connectivity index (χ2v) is 4.79. The van der Waals surface area contributed by atoms with E-state index in [0.717, 1.165) is 5.56 Å². The second-order valence-electron chi connectivity index (χ2n) is 4.79. The molecular weight excluding hydrogens is 297 g/mol. The maximum absolute atomic E-state index is 13.5. The van der Waals surface area contributed by atoms with Crippen molar-refractivity contribution in [2.24, 2.45) is 0 Å². The van der Waals surface area contributed by atoms with Crippen LogP contribution in [-0.4, -0.2) is 20.1 Å². The van der Waals surface area contributed by atoms with Crippen molar-refractivity contribution in [3.8, 4) is 11.5 Å². The number of methoxy groups -OCH3 is 2. The monoisotopic (exact) mass is 315 g/mol. The van der Waals surface area contributed by atoms with Gasteiger partial charge in [-0.15, -0.1) is 0 Å². The standard InChI is InChI=1S/C18H18FNO3/c1-22-15-9-13(10-16(11-15)23-2)7-8-18(21)20-12-14-5-3-4-6-17(14)19/h3-11H,12H2,1-2H3,(H,20,21)/b8-7+. The fraction of sp³-hybridized carbons (Fsp3) is 0.167. The number of hydrogen-bond acceptors (Lipinski definition) is 3. The third kappa shape index (κ3) is 4.85. The molecule has 2 rings (SSSR count). The molecule has 0 heterocycles. The van der Waals surface area contributed by atoms with Crippen LogP contribution in [0.4, 0.5) is 4.39 Å². The van der Waals surface area contributed by atoms with Gasteiger partial charge in [-0.2, -0.15) is 0 Å². The molecule has 5 heteroatoms. The van der Waals surface area contributed by atoms with Crippen LogP contribution in [0.2, 0.25) is 0 Å². The number of carbonyl (C=O) groups excluding carboxylic acids is 1. The molecular formula is C18H18FNO3. The molecule has 0 saturated carbocycles. The van der Waals surface area contributed by atoms with E-state index in [-0.39, 0.29) is 18.3 Å². The topological polar surface area (TPSA) is 47.6 Å². The first-order valence-corrected chi connectivity index (χ1v) is 7.05. The van der Waals surface area contributed by atoms with Crippen molar-refractivity contribution in [2.75, 3.05) is 14.2 Å². The molecule has 0 saturated heterocycles. The van der Waals surface area contributed by atoms with Crippen LogP contribution in [0.5, 0.6) is 11.5 Å². The van der Waals surface area contributed by atoms with Gasteiger partial charge in [0.15, 0.2) is 0 Å². The molecule has 0 aliphatic heterocycles. The van der Waals surface area contributed by atoms with Crippen molar-refractivity contribution in [3.05, 3.63) is 65.5 Å². The minimum Gasteiger partial charge on any atom is -0.497 e. The number of ether oxygens (including phenoxy) is 2. The first-order valence-electron chi connectivity index (χ1n) is 7.05. The summed E-state index contributed by atoms with van der Waals surface area (Å²) in [7, 11) is 3.12. The van der Waals surface area contributed by atoms with Gasteiger partial charge < -0.3 is 14.8 Å². The Morgan fingerprint density at radius 2 is 1.78 bits per heavy atom. The Morgan fingerprint density at radius 3 is 2.39 bits per heavy atom. The fourth-order valence-corrected chi connectivity index (χ4v) is 1.98. The van der Waals surface area contributed by atoms with Crippen LogP contribution >= 0.6 is 0 Å². The molecule has 0 atom stereocenters. The summed E-state index contributed by atoms with van der Waals surface area (Å²) in [4.78, 5) is 11.8. The van der Waals surface area contributed by atoms with Crippen LogP contribution in [-0.2, 0) is 11.3 Å². The zero-order chi connectivity index (χ0) is 16.7.